The second-order valence-electron chi connectivity index (χ2n) is 5.14. The summed E-state index contributed by atoms with van der Waals surface area (Å²) in [4.78, 5) is 2.51. The highest BCUT2D eigenvalue weighted by Crippen LogP contribution is 2.10. The maximum absolute atomic E-state index is 5.67. The largest absolute Gasteiger partial charge is 0.381 e. The van der Waals surface area contributed by atoms with E-state index in [0.29, 0.717) is 6.10 Å². The fraction of sp³-hybridized carbons (Fsp3) is 1.00. The van der Waals surface area contributed by atoms with Crippen LogP contribution in [0.25, 0.3) is 0 Å². The van der Waals surface area contributed by atoms with Crippen molar-refractivity contribution in [2.24, 2.45) is 5.92 Å². The van der Waals surface area contributed by atoms with Crippen LogP contribution in [0.3, 0.4) is 0 Å². The fourth-order valence-electron chi connectivity index (χ4n) is 2.52. The molecule has 4 nitrogen and oxygen atoms in total. The molecule has 4 heteroatoms. The topological polar surface area (TPSA) is 33.7 Å². The molecular weight excluding hydrogens is 216 g/mol. The standard InChI is InChI=1S/C13H26N2O2/c1-2-13-10-15(6-8-17-13)5-4-14-9-12-3-7-16-11-12/h12-14H,2-11H2,1H3. The second kappa shape index (κ2) is 7.31. The molecule has 2 atom stereocenters. The van der Waals surface area contributed by atoms with Gasteiger partial charge < -0.3 is 14.8 Å². The third-order valence-corrected chi connectivity index (χ3v) is 3.74. The lowest BCUT2D eigenvalue weighted by Gasteiger charge is -2.32. The average Bonchev–Trinajstić information content (AvgIpc) is 2.88. The van der Waals surface area contributed by atoms with E-state index in [2.05, 4.69) is 17.1 Å². The normalized spacial score (nSPS) is 30.9. The Morgan fingerprint density at radius 2 is 2.29 bits per heavy atom. The number of hydrogen-bond acceptors (Lipinski definition) is 4. The van der Waals surface area contributed by atoms with Crippen LogP contribution < -0.4 is 5.32 Å². The molecule has 2 fully saturated rings. The van der Waals surface area contributed by atoms with Gasteiger partial charge in [-0.2, -0.15) is 0 Å². The minimum absolute atomic E-state index is 0.451. The van der Waals surface area contributed by atoms with Crippen LogP contribution in [0.15, 0.2) is 0 Å². The van der Waals surface area contributed by atoms with Crippen molar-refractivity contribution in [2.75, 3.05) is 52.5 Å². The van der Waals surface area contributed by atoms with Crippen LogP contribution >= 0.6 is 0 Å². The molecule has 0 bridgehead atoms. The average molecular weight is 242 g/mol. The van der Waals surface area contributed by atoms with Crippen LogP contribution in [-0.4, -0.2) is 63.5 Å². The van der Waals surface area contributed by atoms with Crippen LogP contribution in [0.1, 0.15) is 19.8 Å². The fourth-order valence-corrected chi connectivity index (χ4v) is 2.52. The first-order chi connectivity index (χ1) is 8.38. The number of hydrogen-bond donors (Lipinski definition) is 1. The zero-order chi connectivity index (χ0) is 11.9. The predicted octanol–water partition coefficient (Wildman–Crippen LogP) is 0.723. The molecule has 0 aromatic rings. The maximum atomic E-state index is 5.67. The van der Waals surface area contributed by atoms with E-state index in [1.807, 2.05) is 0 Å². The van der Waals surface area contributed by atoms with Crippen LogP contribution in [0.2, 0.25) is 0 Å². The molecule has 0 aromatic heterocycles. The zero-order valence-corrected chi connectivity index (χ0v) is 11.0. The first-order valence-electron chi connectivity index (χ1n) is 7.01. The molecule has 0 spiro atoms. The lowest BCUT2D eigenvalue weighted by molar-refractivity contribution is -0.0291. The van der Waals surface area contributed by atoms with Gasteiger partial charge in [0.15, 0.2) is 0 Å². The summed E-state index contributed by atoms with van der Waals surface area (Å²) in [6.07, 6.45) is 2.80. The second-order valence-corrected chi connectivity index (χ2v) is 5.14. The quantitative estimate of drug-likeness (QED) is 0.696. The Hall–Kier alpha value is -0.160. The number of nitrogens with zero attached hydrogens (tertiary/aromatic N) is 1. The van der Waals surface area contributed by atoms with Gasteiger partial charge in [0.25, 0.3) is 0 Å². The van der Waals surface area contributed by atoms with E-state index in [-0.39, 0.29) is 0 Å². The van der Waals surface area contributed by atoms with E-state index in [4.69, 9.17) is 9.47 Å². The van der Waals surface area contributed by atoms with Gasteiger partial charge in [-0.1, -0.05) is 6.92 Å². The molecule has 0 saturated carbocycles. The van der Waals surface area contributed by atoms with Gasteiger partial charge in [0.05, 0.1) is 19.3 Å². The summed E-state index contributed by atoms with van der Waals surface area (Å²) in [6.45, 7) is 10.5. The summed E-state index contributed by atoms with van der Waals surface area (Å²) in [6, 6.07) is 0. The highest BCUT2D eigenvalue weighted by atomic mass is 16.5. The van der Waals surface area contributed by atoms with E-state index in [1.165, 1.54) is 6.42 Å². The third kappa shape index (κ3) is 4.54. The van der Waals surface area contributed by atoms with E-state index in [9.17, 15) is 0 Å². The Bertz CT molecular complexity index is 208. The van der Waals surface area contributed by atoms with E-state index < -0.39 is 0 Å². The SMILES string of the molecule is CCC1CN(CCNCC2CCOC2)CCO1. The van der Waals surface area contributed by atoms with Crippen molar-refractivity contribution in [2.45, 2.75) is 25.9 Å². The zero-order valence-electron chi connectivity index (χ0n) is 11.0. The Morgan fingerprint density at radius 1 is 1.35 bits per heavy atom. The van der Waals surface area contributed by atoms with Crippen molar-refractivity contribution in [1.29, 1.82) is 0 Å². The molecule has 0 aromatic carbocycles. The van der Waals surface area contributed by atoms with Gasteiger partial charge in [-0.05, 0) is 18.8 Å². The number of rotatable bonds is 6. The Labute approximate surface area is 105 Å². The van der Waals surface area contributed by atoms with Gasteiger partial charge in [-0.15, -0.1) is 0 Å². The molecule has 2 aliphatic heterocycles. The molecule has 1 N–H and O–H groups in total. The molecule has 2 rings (SSSR count). The van der Waals surface area contributed by atoms with Gasteiger partial charge in [-0.25, -0.2) is 0 Å². The summed E-state index contributed by atoms with van der Waals surface area (Å²) in [5.41, 5.74) is 0. The molecule has 2 saturated heterocycles. The molecule has 0 radical (unpaired) electrons. The van der Waals surface area contributed by atoms with E-state index in [0.717, 1.165) is 64.9 Å². The molecule has 2 aliphatic rings. The summed E-state index contributed by atoms with van der Waals surface area (Å²) in [5.74, 6) is 0.739. The Balaban J connectivity index is 1.52. The molecule has 2 unspecified atom stereocenters. The van der Waals surface area contributed by atoms with Crippen molar-refractivity contribution in [3.05, 3.63) is 0 Å². The van der Waals surface area contributed by atoms with Gasteiger partial charge in [0.2, 0.25) is 0 Å². The van der Waals surface area contributed by atoms with Crippen molar-refractivity contribution >= 4 is 0 Å². The monoisotopic (exact) mass is 242 g/mol. The summed E-state index contributed by atoms with van der Waals surface area (Å²) in [5, 5.41) is 3.54. The predicted molar refractivity (Wildman–Crippen MR) is 68.3 cm³/mol. The first kappa shape index (κ1) is 13.3. The summed E-state index contributed by atoms with van der Waals surface area (Å²) >= 11 is 0. The van der Waals surface area contributed by atoms with Gasteiger partial charge >= 0.3 is 0 Å². The third-order valence-electron chi connectivity index (χ3n) is 3.74. The lowest BCUT2D eigenvalue weighted by atomic mass is 10.1. The van der Waals surface area contributed by atoms with E-state index >= 15 is 0 Å². The molecule has 100 valence electrons. The Morgan fingerprint density at radius 3 is 3.06 bits per heavy atom. The minimum atomic E-state index is 0.451. The van der Waals surface area contributed by atoms with Crippen LogP contribution in [0.4, 0.5) is 0 Å². The van der Waals surface area contributed by atoms with E-state index in [1.54, 1.807) is 0 Å². The first-order valence-corrected chi connectivity index (χ1v) is 7.01. The molecule has 17 heavy (non-hydrogen) atoms. The van der Waals surface area contributed by atoms with Crippen molar-refractivity contribution in [1.82, 2.24) is 10.2 Å². The lowest BCUT2D eigenvalue weighted by Crippen LogP contribution is -2.45. The maximum Gasteiger partial charge on any atom is 0.0700 e. The van der Waals surface area contributed by atoms with Gasteiger partial charge in [0.1, 0.15) is 0 Å². The van der Waals surface area contributed by atoms with Crippen LogP contribution in [0.5, 0.6) is 0 Å². The van der Waals surface area contributed by atoms with Crippen molar-refractivity contribution < 1.29 is 9.47 Å². The van der Waals surface area contributed by atoms with Crippen molar-refractivity contribution in [3.63, 3.8) is 0 Å². The molecule has 0 aliphatic carbocycles. The Kier molecular flexibility index (Phi) is 5.71. The smallest absolute Gasteiger partial charge is 0.0700 e. The number of nitrogens with one attached hydrogen (secondary N) is 1. The number of morpholine rings is 1. The summed E-state index contributed by atoms with van der Waals surface area (Å²) in [7, 11) is 0. The molecular formula is C13H26N2O2. The van der Waals surface area contributed by atoms with Crippen LogP contribution in [0, 0.1) is 5.92 Å². The molecule has 0 amide bonds. The van der Waals surface area contributed by atoms with Gasteiger partial charge in [-0.3, -0.25) is 4.90 Å². The number of ether oxygens (including phenoxy) is 2. The molecule has 2 heterocycles. The van der Waals surface area contributed by atoms with Gasteiger partial charge in [0, 0.05) is 39.3 Å². The van der Waals surface area contributed by atoms with Crippen LogP contribution in [-0.2, 0) is 9.47 Å². The highest BCUT2D eigenvalue weighted by Gasteiger charge is 2.18. The minimum Gasteiger partial charge on any atom is -0.381 e. The van der Waals surface area contributed by atoms with Crippen molar-refractivity contribution in [3.8, 4) is 0 Å². The highest BCUT2D eigenvalue weighted by molar-refractivity contribution is 4.72. The summed E-state index contributed by atoms with van der Waals surface area (Å²) < 4.78 is 11.0.